The van der Waals surface area contributed by atoms with E-state index < -0.39 is 12.0 Å². The summed E-state index contributed by atoms with van der Waals surface area (Å²) in [6.45, 7) is 0. The molecule has 1 amide bonds. The van der Waals surface area contributed by atoms with Crippen LogP contribution in [0.1, 0.15) is 6.42 Å². The number of aliphatic hydroxyl groups excluding tert-OH is 1. The van der Waals surface area contributed by atoms with Crippen LogP contribution in [0.4, 0.5) is 5.69 Å². The first kappa shape index (κ1) is 12.3. The quantitative estimate of drug-likeness (QED) is 0.804. The van der Waals surface area contributed by atoms with Crippen molar-refractivity contribution >= 4 is 28.7 Å². The predicted molar refractivity (Wildman–Crippen MR) is 69.3 cm³/mol. The van der Waals surface area contributed by atoms with Crippen molar-refractivity contribution in [3.63, 3.8) is 0 Å². The third kappa shape index (κ3) is 2.73. The number of aldehydes is 1. The zero-order valence-corrected chi connectivity index (χ0v) is 9.67. The van der Waals surface area contributed by atoms with E-state index in [1.165, 1.54) is 0 Å². The number of carbonyl (C=O) groups is 2. The molecule has 2 rings (SSSR count). The monoisotopic (exact) mass is 243 g/mol. The van der Waals surface area contributed by atoms with Gasteiger partial charge in [-0.25, -0.2) is 0 Å². The molecule has 0 fully saturated rings. The number of carbonyl (C=O) groups excluding carboxylic acids is 2. The van der Waals surface area contributed by atoms with Crippen molar-refractivity contribution in [2.75, 3.05) is 5.32 Å². The summed E-state index contributed by atoms with van der Waals surface area (Å²) in [7, 11) is 0. The van der Waals surface area contributed by atoms with Gasteiger partial charge >= 0.3 is 0 Å². The molecular weight excluding hydrogens is 230 g/mol. The molecule has 0 heterocycles. The van der Waals surface area contributed by atoms with E-state index in [-0.39, 0.29) is 6.42 Å². The van der Waals surface area contributed by atoms with Crippen molar-refractivity contribution in [2.45, 2.75) is 12.5 Å². The molecule has 0 aliphatic heterocycles. The first-order chi connectivity index (χ1) is 8.70. The van der Waals surface area contributed by atoms with Crippen LogP contribution in [0.25, 0.3) is 10.8 Å². The predicted octanol–water partition coefficient (Wildman–Crippen LogP) is 1.73. The van der Waals surface area contributed by atoms with Crippen LogP contribution in [0.2, 0.25) is 0 Å². The number of hydrogen-bond acceptors (Lipinski definition) is 3. The lowest BCUT2D eigenvalue weighted by molar-refractivity contribution is -0.126. The molecule has 2 aromatic carbocycles. The number of fused-ring (bicyclic) bond motifs is 1. The summed E-state index contributed by atoms with van der Waals surface area (Å²) in [5.41, 5.74) is 0.601. The summed E-state index contributed by atoms with van der Waals surface area (Å²) in [6.07, 6.45) is -0.974. The number of rotatable bonds is 4. The minimum atomic E-state index is -1.30. The molecule has 0 saturated heterocycles. The van der Waals surface area contributed by atoms with E-state index in [1.54, 1.807) is 6.07 Å². The second-order valence-corrected chi connectivity index (χ2v) is 3.97. The minimum Gasteiger partial charge on any atom is -0.383 e. The molecular formula is C14H13NO3. The molecule has 1 unspecified atom stereocenters. The first-order valence-corrected chi connectivity index (χ1v) is 5.62. The highest BCUT2D eigenvalue weighted by molar-refractivity contribution is 5.97. The summed E-state index contributed by atoms with van der Waals surface area (Å²) < 4.78 is 0. The Morgan fingerprint density at radius 1 is 1.22 bits per heavy atom. The van der Waals surface area contributed by atoms with Gasteiger partial charge in [0.25, 0.3) is 5.91 Å². The van der Waals surface area contributed by atoms with Gasteiger partial charge < -0.3 is 15.2 Å². The van der Waals surface area contributed by atoms with Gasteiger partial charge in [0.15, 0.2) is 0 Å². The summed E-state index contributed by atoms with van der Waals surface area (Å²) >= 11 is 0. The molecule has 0 aromatic heterocycles. The molecule has 0 saturated carbocycles. The minimum absolute atomic E-state index is 0.195. The van der Waals surface area contributed by atoms with Crippen LogP contribution in [0.15, 0.2) is 42.5 Å². The van der Waals surface area contributed by atoms with Gasteiger partial charge in [-0.1, -0.05) is 30.3 Å². The third-order valence-corrected chi connectivity index (χ3v) is 2.64. The van der Waals surface area contributed by atoms with E-state index in [0.29, 0.717) is 12.0 Å². The van der Waals surface area contributed by atoms with Crippen molar-refractivity contribution in [1.29, 1.82) is 0 Å². The first-order valence-electron chi connectivity index (χ1n) is 5.62. The lowest BCUT2D eigenvalue weighted by atomic mass is 10.1. The Balaban J connectivity index is 2.16. The average Bonchev–Trinajstić information content (AvgIpc) is 2.39. The summed E-state index contributed by atoms with van der Waals surface area (Å²) in [4.78, 5) is 21.7. The molecule has 92 valence electrons. The smallest absolute Gasteiger partial charge is 0.253 e. The second kappa shape index (κ2) is 5.42. The molecule has 4 heteroatoms. The van der Waals surface area contributed by atoms with Gasteiger partial charge in [0.2, 0.25) is 0 Å². The molecule has 1 atom stereocenters. The van der Waals surface area contributed by atoms with Crippen molar-refractivity contribution in [1.82, 2.24) is 0 Å². The van der Waals surface area contributed by atoms with Gasteiger partial charge in [-0.05, 0) is 22.9 Å². The molecule has 0 aliphatic carbocycles. The van der Waals surface area contributed by atoms with E-state index >= 15 is 0 Å². The van der Waals surface area contributed by atoms with Gasteiger partial charge in [-0.2, -0.15) is 0 Å². The maximum absolute atomic E-state index is 11.5. The zero-order chi connectivity index (χ0) is 13.0. The van der Waals surface area contributed by atoms with Crippen LogP contribution in [-0.4, -0.2) is 23.4 Å². The molecule has 2 N–H and O–H groups in total. The highest BCUT2D eigenvalue weighted by atomic mass is 16.3. The topological polar surface area (TPSA) is 66.4 Å². The van der Waals surface area contributed by atoms with E-state index in [1.807, 2.05) is 36.4 Å². The molecule has 0 radical (unpaired) electrons. The molecule has 0 spiro atoms. The van der Waals surface area contributed by atoms with Gasteiger partial charge in [0.1, 0.15) is 12.4 Å². The second-order valence-electron chi connectivity index (χ2n) is 3.97. The van der Waals surface area contributed by atoms with Crippen LogP contribution in [-0.2, 0) is 9.59 Å². The average molecular weight is 243 g/mol. The Labute approximate surface area is 104 Å². The maximum Gasteiger partial charge on any atom is 0.253 e. The van der Waals surface area contributed by atoms with Crippen LogP contribution < -0.4 is 5.32 Å². The Morgan fingerprint density at radius 3 is 2.67 bits per heavy atom. The Kier molecular flexibility index (Phi) is 3.69. The Hall–Kier alpha value is -2.20. The van der Waals surface area contributed by atoms with E-state index in [4.69, 9.17) is 0 Å². The van der Waals surface area contributed by atoms with Gasteiger partial charge in [-0.3, -0.25) is 4.79 Å². The third-order valence-electron chi connectivity index (χ3n) is 2.64. The normalized spacial score (nSPS) is 12.1. The van der Waals surface area contributed by atoms with E-state index in [9.17, 15) is 14.7 Å². The van der Waals surface area contributed by atoms with E-state index in [2.05, 4.69) is 5.32 Å². The number of amides is 1. The van der Waals surface area contributed by atoms with Crippen molar-refractivity contribution in [3.05, 3.63) is 42.5 Å². The van der Waals surface area contributed by atoms with Gasteiger partial charge in [0.05, 0.1) is 0 Å². The molecule has 0 aliphatic rings. The summed E-state index contributed by atoms with van der Waals surface area (Å²) in [5, 5.41) is 14.0. The zero-order valence-electron chi connectivity index (χ0n) is 9.67. The largest absolute Gasteiger partial charge is 0.383 e. The fraction of sp³-hybridized carbons (Fsp3) is 0.143. The molecule has 0 bridgehead atoms. The molecule has 2 aromatic rings. The highest BCUT2D eigenvalue weighted by Gasteiger charge is 2.14. The number of nitrogens with one attached hydrogen (secondary N) is 1. The van der Waals surface area contributed by atoms with Crippen LogP contribution >= 0.6 is 0 Å². The Morgan fingerprint density at radius 2 is 1.94 bits per heavy atom. The van der Waals surface area contributed by atoms with Crippen LogP contribution in [0.3, 0.4) is 0 Å². The van der Waals surface area contributed by atoms with Crippen molar-refractivity contribution in [2.24, 2.45) is 0 Å². The SMILES string of the molecule is O=CCC(O)C(=O)Nc1ccc2ccccc2c1. The lowest BCUT2D eigenvalue weighted by Gasteiger charge is -2.09. The number of hydrogen-bond donors (Lipinski definition) is 2. The number of benzene rings is 2. The van der Waals surface area contributed by atoms with Crippen molar-refractivity contribution in [3.8, 4) is 0 Å². The fourth-order valence-electron chi connectivity index (χ4n) is 1.69. The maximum atomic E-state index is 11.5. The fourth-order valence-corrected chi connectivity index (χ4v) is 1.69. The molecule has 4 nitrogen and oxygen atoms in total. The van der Waals surface area contributed by atoms with Gasteiger partial charge in [0, 0.05) is 12.1 Å². The van der Waals surface area contributed by atoms with E-state index in [0.717, 1.165) is 10.8 Å². The number of aliphatic hydroxyl groups is 1. The van der Waals surface area contributed by atoms with Crippen LogP contribution in [0.5, 0.6) is 0 Å². The van der Waals surface area contributed by atoms with Crippen LogP contribution in [0, 0.1) is 0 Å². The standard InChI is InChI=1S/C14H13NO3/c16-8-7-13(17)14(18)15-12-6-5-10-3-1-2-4-11(10)9-12/h1-6,8-9,13,17H,7H2,(H,15,18). The summed E-state index contributed by atoms with van der Waals surface area (Å²) in [5.74, 6) is -0.572. The number of anilines is 1. The highest BCUT2D eigenvalue weighted by Crippen LogP contribution is 2.18. The van der Waals surface area contributed by atoms with Gasteiger partial charge in [-0.15, -0.1) is 0 Å². The van der Waals surface area contributed by atoms with Crippen molar-refractivity contribution < 1.29 is 14.7 Å². The molecule has 18 heavy (non-hydrogen) atoms. The Bertz CT molecular complexity index is 580. The lowest BCUT2D eigenvalue weighted by Crippen LogP contribution is -2.27. The summed E-state index contributed by atoms with van der Waals surface area (Å²) in [6, 6.07) is 13.2.